The van der Waals surface area contributed by atoms with Gasteiger partial charge in [0, 0.05) is 23.6 Å². The molecule has 1 N–H and O–H groups in total. The van der Waals surface area contributed by atoms with Crippen LogP contribution in [0.4, 0.5) is 0 Å². The van der Waals surface area contributed by atoms with Crippen molar-refractivity contribution in [2.75, 3.05) is 13.1 Å². The zero-order chi connectivity index (χ0) is 19.0. The first-order valence-electron chi connectivity index (χ1n) is 9.95. The summed E-state index contributed by atoms with van der Waals surface area (Å²) in [5, 5.41) is 17.3. The number of nitriles is 1. The van der Waals surface area contributed by atoms with Crippen LogP contribution in [0.25, 0.3) is 11.3 Å². The molecule has 2 fully saturated rings. The van der Waals surface area contributed by atoms with Crippen molar-refractivity contribution in [3.63, 3.8) is 0 Å². The molecule has 1 aliphatic heterocycles. The van der Waals surface area contributed by atoms with Crippen molar-refractivity contribution in [1.82, 2.24) is 15.1 Å². The van der Waals surface area contributed by atoms with Gasteiger partial charge in [-0.3, -0.25) is 9.48 Å². The van der Waals surface area contributed by atoms with Gasteiger partial charge in [0.25, 0.3) is 0 Å². The minimum Gasteiger partial charge on any atom is -0.316 e. The van der Waals surface area contributed by atoms with Crippen LogP contribution in [0.15, 0.2) is 24.3 Å². The molecule has 0 unspecified atom stereocenters. The molecule has 0 amide bonds. The molecule has 1 atom stereocenters. The van der Waals surface area contributed by atoms with E-state index in [1.54, 1.807) is 0 Å². The largest absolute Gasteiger partial charge is 0.316 e. The fourth-order valence-corrected chi connectivity index (χ4v) is 4.02. The number of aromatic nitrogens is 2. The summed E-state index contributed by atoms with van der Waals surface area (Å²) in [7, 11) is 0. The summed E-state index contributed by atoms with van der Waals surface area (Å²) in [6.07, 6.45) is 3.91. The van der Waals surface area contributed by atoms with Crippen molar-refractivity contribution in [2.24, 2.45) is 5.92 Å². The van der Waals surface area contributed by atoms with Gasteiger partial charge >= 0.3 is 0 Å². The molecule has 27 heavy (non-hydrogen) atoms. The Labute approximate surface area is 160 Å². The monoisotopic (exact) mass is 362 g/mol. The third-order valence-corrected chi connectivity index (χ3v) is 5.61. The molecule has 0 spiro atoms. The van der Waals surface area contributed by atoms with E-state index in [9.17, 15) is 4.79 Å². The number of hydrogen-bond acceptors (Lipinski definition) is 4. The van der Waals surface area contributed by atoms with Gasteiger partial charge < -0.3 is 5.32 Å². The minimum atomic E-state index is 0.135. The molecule has 2 aliphatic rings. The van der Waals surface area contributed by atoms with E-state index in [4.69, 9.17) is 10.4 Å². The minimum absolute atomic E-state index is 0.135. The lowest BCUT2D eigenvalue weighted by Gasteiger charge is -2.13. The molecule has 5 nitrogen and oxygen atoms in total. The summed E-state index contributed by atoms with van der Waals surface area (Å²) in [5.74, 6) is 1.09. The summed E-state index contributed by atoms with van der Waals surface area (Å²) < 4.78 is 1.94. The molecular weight excluding hydrogens is 336 g/mol. The first kappa shape index (κ1) is 17.9. The SMILES string of the molecule is CC(C)n1nc(-c2ccc(C#N)cc2)c(C2CC2)c1C(=O)C[C@H]1CCNC1. The molecule has 2 aromatic rings. The molecule has 5 heteroatoms. The van der Waals surface area contributed by atoms with E-state index in [-0.39, 0.29) is 11.8 Å². The quantitative estimate of drug-likeness (QED) is 0.787. The van der Waals surface area contributed by atoms with Gasteiger partial charge in [0.15, 0.2) is 5.78 Å². The van der Waals surface area contributed by atoms with Gasteiger partial charge in [-0.05, 0) is 70.2 Å². The third kappa shape index (κ3) is 3.54. The first-order chi connectivity index (χ1) is 13.1. The molecule has 1 aromatic heterocycles. The van der Waals surface area contributed by atoms with E-state index >= 15 is 0 Å². The Kier molecular flexibility index (Phi) is 4.84. The van der Waals surface area contributed by atoms with Gasteiger partial charge in [-0.1, -0.05) is 12.1 Å². The van der Waals surface area contributed by atoms with E-state index in [0.29, 0.717) is 23.8 Å². The number of hydrogen-bond donors (Lipinski definition) is 1. The number of nitrogens with one attached hydrogen (secondary N) is 1. The van der Waals surface area contributed by atoms with Crippen LogP contribution in [0.3, 0.4) is 0 Å². The predicted molar refractivity (Wildman–Crippen MR) is 105 cm³/mol. The molecule has 0 radical (unpaired) electrons. The van der Waals surface area contributed by atoms with Crippen molar-refractivity contribution >= 4 is 5.78 Å². The number of Topliss-reactive ketones (excluding diaryl/α,β-unsaturated/α-hetero) is 1. The fourth-order valence-electron chi connectivity index (χ4n) is 4.02. The molecule has 1 aliphatic carbocycles. The highest BCUT2D eigenvalue weighted by Crippen LogP contribution is 2.47. The maximum Gasteiger partial charge on any atom is 0.181 e. The highest BCUT2D eigenvalue weighted by Gasteiger charge is 2.36. The molecule has 4 rings (SSSR count). The highest BCUT2D eigenvalue weighted by molar-refractivity contribution is 5.98. The summed E-state index contributed by atoms with van der Waals surface area (Å²) >= 11 is 0. The molecule has 1 saturated heterocycles. The van der Waals surface area contributed by atoms with Crippen LogP contribution in [-0.2, 0) is 0 Å². The van der Waals surface area contributed by atoms with Crippen LogP contribution < -0.4 is 5.32 Å². The van der Waals surface area contributed by atoms with E-state index < -0.39 is 0 Å². The number of ketones is 1. The summed E-state index contributed by atoms with van der Waals surface area (Å²) in [6.45, 7) is 6.11. The maximum atomic E-state index is 13.3. The Hall–Kier alpha value is -2.45. The maximum absolute atomic E-state index is 13.3. The van der Waals surface area contributed by atoms with E-state index in [2.05, 4.69) is 25.2 Å². The van der Waals surface area contributed by atoms with Gasteiger partial charge in [-0.25, -0.2) is 0 Å². The Morgan fingerprint density at radius 3 is 2.59 bits per heavy atom. The second-order valence-electron chi connectivity index (χ2n) is 8.10. The molecule has 1 aromatic carbocycles. The smallest absolute Gasteiger partial charge is 0.181 e. The number of nitrogens with zero attached hydrogens (tertiary/aromatic N) is 3. The van der Waals surface area contributed by atoms with E-state index in [1.807, 2.05) is 28.9 Å². The lowest BCUT2D eigenvalue weighted by molar-refractivity contribution is 0.0951. The van der Waals surface area contributed by atoms with Crippen LogP contribution >= 0.6 is 0 Å². The van der Waals surface area contributed by atoms with Crippen molar-refractivity contribution in [3.8, 4) is 17.3 Å². The number of rotatable bonds is 6. The van der Waals surface area contributed by atoms with E-state index in [0.717, 1.165) is 54.9 Å². The first-order valence-corrected chi connectivity index (χ1v) is 9.95. The lowest BCUT2D eigenvalue weighted by atomic mass is 9.94. The third-order valence-electron chi connectivity index (χ3n) is 5.61. The van der Waals surface area contributed by atoms with Crippen LogP contribution in [0.5, 0.6) is 0 Å². The van der Waals surface area contributed by atoms with Crippen molar-refractivity contribution < 1.29 is 4.79 Å². The van der Waals surface area contributed by atoms with Crippen molar-refractivity contribution in [2.45, 2.75) is 51.5 Å². The standard InChI is InChI=1S/C22H26N4O/c1-14(2)26-22(19(27)11-16-9-10-24-13-16)20(17-7-8-17)21(25-26)18-5-3-15(12-23)4-6-18/h3-6,14,16-17,24H,7-11,13H2,1-2H3/t16-/m1/s1. The molecular formula is C22H26N4O. The lowest BCUT2D eigenvalue weighted by Crippen LogP contribution is -2.18. The Balaban J connectivity index is 1.77. The predicted octanol–water partition coefficient (Wildman–Crippen LogP) is 4.06. The van der Waals surface area contributed by atoms with Gasteiger partial charge in [-0.15, -0.1) is 0 Å². The van der Waals surface area contributed by atoms with Gasteiger partial charge in [-0.2, -0.15) is 10.4 Å². The number of benzene rings is 1. The molecule has 2 heterocycles. The number of carbonyl (C=O) groups excluding carboxylic acids is 1. The van der Waals surface area contributed by atoms with Crippen molar-refractivity contribution in [3.05, 3.63) is 41.1 Å². The molecule has 1 saturated carbocycles. The van der Waals surface area contributed by atoms with E-state index in [1.165, 1.54) is 0 Å². The second-order valence-corrected chi connectivity index (χ2v) is 8.10. The average molecular weight is 362 g/mol. The summed E-state index contributed by atoms with van der Waals surface area (Å²) in [6, 6.07) is 9.85. The summed E-state index contributed by atoms with van der Waals surface area (Å²) in [4.78, 5) is 13.3. The zero-order valence-electron chi connectivity index (χ0n) is 16.0. The number of carbonyl (C=O) groups is 1. The van der Waals surface area contributed by atoms with Crippen LogP contribution in [0, 0.1) is 17.2 Å². The van der Waals surface area contributed by atoms with Crippen LogP contribution in [0.1, 0.15) is 73.1 Å². The summed E-state index contributed by atoms with van der Waals surface area (Å²) in [5.41, 5.74) is 4.50. The molecule has 140 valence electrons. The fraction of sp³-hybridized carbons (Fsp3) is 0.500. The second kappa shape index (κ2) is 7.28. The molecule has 0 bridgehead atoms. The van der Waals surface area contributed by atoms with Gasteiger partial charge in [0.1, 0.15) is 5.69 Å². The topological polar surface area (TPSA) is 70.7 Å². The Morgan fingerprint density at radius 1 is 1.30 bits per heavy atom. The van der Waals surface area contributed by atoms with Gasteiger partial charge in [0.05, 0.1) is 17.3 Å². The normalized spacial score (nSPS) is 19.4. The average Bonchev–Trinajstić information content (AvgIpc) is 3.22. The van der Waals surface area contributed by atoms with Crippen molar-refractivity contribution in [1.29, 1.82) is 5.26 Å². The zero-order valence-corrected chi connectivity index (χ0v) is 16.0. The Bertz CT molecular complexity index is 878. The van der Waals surface area contributed by atoms with Gasteiger partial charge in [0.2, 0.25) is 0 Å². The Morgan fingerprint density at radius 2 is 2.04 bits per heavy atom. The van der Waals surface area contributed by atoms with Crippen LogP contribution in [0.2, 0.25) is 0 Å². The highest BCUT2D eigenvalue weighted by atomic mass is 16.1. The van der Waals surface area contributed by atoms with Crippen LogP contribution in [-0.4, -0.2) is 28.7 Å².